The molecule has 164 valence electrons. The predicted octanol–water partition coefficient (Wildman–Crippen LogP) is 6.08. The van der Waals surface area contributed by atoms with Crippen LogP contribution in [0.1, 0.15) is 24.2 Å². The molecule has 0 aliphatic heterocycles. The average molecular weight is 446 g/mol. The molecule has 5 nitrogen and oxygen atoms in total. The molecule has 1 heterocycles. The van der Waals surface area contributed by atoms with Crippen molar-refractivity contribution in [3.63, 3.8) is 0 Å². The molecule has 0 spiro atoms. The summed E-state index contributed by atoms with van der Waals surface area (Å²) in [5.41, 5.74) is 1.43. The number of ether oxygens (including phenoxy) is 1. The molecule has 1 aromatic heterocycles. The van der Waals surface area contributed by atoms with Crippen LogP contribution in [-0.2, 0) is 0 Å². The van der Waals surface area contributed by atoms with Crippen molar-refractivity contribution < 1.29 is 9.53 Å². The Labute approximate surface area is 192 Å². The van der Waals surface area contributed by atoms with Crippen molar-refractivity contribution in [3.05, 3.63) is 84.4 Å². The molecule has 1 amide bonds. The maximum atomic E-state index is 13.8. The van der Waals surface area contributed by atoms with Crippen LogP contribution < -0.4 is 9.64 Å². The summed E-state index contributed by atoms with van der Waals surface area (Å²) >= 11 is 1.54. The molecule has 0 bridgehead atoms. The number of amides is 1. The first-order chi connectivity index (χ1) is 15.7. The van der Waals surface area contributed by atoms with Gasteiger partial charge in [-0.05, 0) is 49.5 Å². The van der Waals surface area contributed by atoms with E-state index in [1.165, 1.54) is 11.3 Å². The number of para-hydroxylation sites is 3. The van der Waals surface area contributed by atoms with Gasteiger partial charge in [0.15, 0.2) is 5.13 Å². The highest BCUT2D eigenvalue weighted by Gasteiger charge is 2.24. The summed E-state index contributed by atoms with van der Waals surface area (Å²) in [6, 6.07) is 24.9. The number of anilines is 1. The molecule has 0 radical (unpaired) electrons. The Hall–Kier alpha value is -3.22. The molecule has 4 rings (SSSR count). The van der Waals surface area contributed by atoms with Crippen molar-refractivity contribution in [1.29, 1.82) is 0 Å². The molecular weight excluding hydrogens is 418 g/mol. The van der Waals surface area contributed by atoms with Crippen molar-refractivity contribution in [1.82, 2.24) is 9.88 Å². The minimum absolute atomic E-state index is 0.109. The van der Waals surface area contributed by atoms with E-state index in [9.17, 15) is 4.79 Å². The molecule has 3 aromatic carbocycles. The Morgan fingerprint density at radius 2 is 1.56 bits per heavy atom. The van der Waals surface area contributed by atoms with Gasteiger partial charge in [0.05, 0.1) is 15.8 Å². The Kier molecular flexibility index (Phi) is 7.14. The highest BCUT2D eigenvalue weighted by atomic mass is 32.1. The summed E-state index contributed by atoms with van der Waals surface area (Å²) in [6.45, 7) is 7.47. The number of carbonyl (C=O) groups excluding carboxylic acids is 1. The van der Waals surface area contributed by atoms with Gasteiger partial charge in [0, 0.05) is 13.1 Å². The number of likely N-dealkylation sites (N-methyl/N-ethyl adjacent to an activating group) is 1. The normalized spacial score (nSPS) is 11.1. The van der Waals surface area contributed by atoms with E-state index in [4.69, 9.17) is 9.72 Å². The van der Waals surface area contributed by atoms with Crippen LogP contribution in [0.2, 0.25) is 0 Å². The lowest BCUT2D eigenvalue weighted by atomic mass is 10.1. The Morgan fingerprint density at radius 1 is 0.875 bits per heavy atom. The molecule has 0 atom stereocenters. The number of hydrogen-bond acceptors (Lipinski definition) is 5. The molecule has 0 fully saturated rings. The van der Waals surface area contributed by atoms with E-state index in [1.807, 2.05) is 78.9 Å². The fourth-order valence-electron chi connectivity index (χ4n) is 3.53. The van der Waals surface area contributed by atoms with Crippen molar-refractivity contribution in [2.45, 2.75) is 13.8 Å². The predicted molar refractivity (Wildman–Crippen MR) is 132 cm³/mol. The standard InChI is InChI=1S/C26H27N3O2S/c1-3-28(4-2)18-19-29(26-27-22-15-9-11-17-24(22)32-26)25(30)21-14-8-10-16-23(21)31-20-12-6-5-7-13-20/h5-17H,3-4,18-19H2,1-2H3. The van der Waals surface area contributed by atoms with E-state index < -0.39 is 0 Å². The van der Waals surface area contributed by atoms with Crippen molar-refractivity contribution in [2.24, 2.45) is 0 Å². The molecule has 0 saturated heterocycles. The van der Waals surface area contributed by atoms with Crippen LogP contribution in [0.4, 0.5) is 5.13 Å². The Balaban J connectivity index is 1.68. The first-order valence-electron chi connectivity index (χ1n) is 10.9. The summed E-state index contributed by atoms with van der Waals surface area (Å²) in [5, 5.41) is 0.706. The largest absolute Gasteiger partial charge is 0.457 e. The lowest BCUT2D eigenvalue weighted by Crippen LogP contribution is -2.39. The summed E-state index contributed by atoms with van der Waals surface area (Å²) in [7, 11) is 0. The molecule has 0 aliphatic rings. The summed E-state index contributed by atoms with van der Waals surface area (Å²) in [5.74, 6) is 1.13. The van der Waals surface area contributed by atoms with Gasteiger partial charge < -0.3 is 9.64 Å². The number of benzene rings is 3. The molecule has 0 unspecified atom stereocenters. The topological polar surface area (TPSA) is 45.7 Å². The summed E-state index contributed by atoms with van der Waals surface area (Å²) in [6.07, 6.45) is 0. The van der Waals surface area contributed by atoms with Crippen LogP contribution in [0, 0.1) is 0 Å². The summed E-state index contributed by atoms with van der Waals surface area (Å²) < 4.78 is 7.14. The van der Waals surface area contributed by atoms with E-state index in [-0.39, 0.29) is 5.91 Å². The van der Waals surface area contributed by atoms with Gasteiger partial charge in [-0.15, -0.1) is 0 Å². The molecule has 0 saturated carbocycles. The van der Waals surface area contributed by atoms with E-state index in [0.29, 0.717) is 28.7 Å². The lowest BCUT2D eigenvalue weighted by molar-refractivity contribution is 0.0981. The smallest absolute Gasteiger partial charge is 0.263 e. The number of thiazole rings is 1. The highest BCUT2D eigenvalue weighted by Crippen LogP contribution is 2.32. The third-order valence-corrected chi connectivity index (χ3v) is 6.44. The molecule has 32 heavy (non-hydrogen) atoms. The molecule has 0 N–H and O–H groups in total. The first-order valence-corrected chi connectivity index (χ1v) is 11.7. The fraction of sp³-hybridized carbons (Fsp3) is 0.231. The van der Waals surface area contributed by atoms with Crippen LogP contribution in [0.3, 0.4) is 0 Å². The van der Waals surface area contributed by atoms with Crippen LogP contribution in [0.25, 0.3) is 10.2 Å². The van der Waals surface area contributed by atoms with Gasteiger partial charge in [-0.1, -0.05) is 67.6 Å². The molecule has 6 heteroatoms. The highest BCUT2D eigenvalue weighted by molar-refractivity contribution is 7.22. The van der Waals surface area contributed by atoms with Gasteiger partial charge in [-0.3, -0.25) is 9.69 Å². The van der Waals surface area contributed by atoms with E-state index in [2.05, 4.69) is 18.7 Å². The van der Waals surface area contributed by atoms with Gasteiger partial charge in [-0.2, -0.15) is 0 Å². The number of rotatable bonds is 9. The van der Waals surface area contributed by atoms with Crippen LogP contribution in [0.15, 0.2) is 78.9 Å². The van der Waals surface area contributed by atoms with Gasteiger partial charge in [-0.25, -0.2) is 4.98 Å². The zero-order valence-corrected chi connectivity index (χ0v) is 19.2. The fourth-order valence-corrected chi connectivity index (χ4v) is 4.52. The van der Waals surface area contributed by atoms with E-state index in [0.717, 1.165) is 29.9 Å². The monoisotopic (exact) mass is 445 g/mol. The Bertz CT molecular complexity index is 1140. The number of carbonyl (C=O) groups is 1. The zero-order valence-electron chi connectivity index (χ0n) is 18.4. The van der Waals surface area contributed by atoms with E-state index >= 15 is 0 Å². The van der Waals surface area contributed by atoms with Crippen LogP contribution >= 0.6 is 11.3 Å². The number of aromatic nitrogens is 1. The third kappa shape index (κ3) is 4.98. The van der Waals surface area contributed by atoms with Crippen molar-refractivity contribution in [2.75, 3.05) is 31.1 Å². The van der Waals surface area contributed by atoms with Gasteiger partial charge in [0.2, 0.25) is 0 Å². The number of fused-ring (bicyclic) bond motifs is 1. The van der Waals surface area contributed by atoms with Gasteiger partial charge >= 0.3 is 0 Å². The third-order valence-electron chi connectivity index (χ3n) is 5.38. The second-order valence-electron chi connectivity index (χ2n) is 7.36. The second-order valence-corrected chi connectivity index (χ2v) is 8.37. The average Bonchev–Trinajstić information content (AvgIpc) is 3.26. The van der Waals surface area contributed by atoms with Gasteiger partial charge in [0.1, 0.15) is 11.5 Å². The maximum absolute atomic E-state index is 13.8. The van der Waals surface area contributed by atoms with Gasteiger partial charge in [0.25, 0.3) is 5.91 Å². The minimum atomic E-state index is -0.109. The quantitative estimate of drug-likeness (QED) is 0.313. The van der Waals surface area contributed by atoms with E-state index in [1.54, 1.807) is 4.90 Å². The molecule has 4 aromatic rings. The zero-order chi connectivity index (χ0) is 22.3. The molecular formula is C26H27N3O2S. The van der Waals surface area contributed by atoms with Crippen molar-refractivity contribution in [3.8, 4) is 11.5 Å². The SMILES string of the molecule is CCN(CC)CCN(C(=O)c1ccccc1Oc1ccccc1)c1nc2ccccc2s1. The molecule has 0 aliphatic carbocycles. The number of nitrogens with zero attached hydrogens (tertiary/aromatic N) is 3. The summed E-state index contributed by atoms with van der Waals surface area (Å²) in [4.78, 5) is 22.7. The van der Waals surface area contributed by atoms with Crippen molar-refractivity contribution >= 4 is 32.6 Å². The first kappa shape index (κ1) is 22.0. The number of hydrogen-bond donors (Lipinski definition) is 0. The van der Waals surface area contributed by atoms with Crippen LogP contribution in [0.5, 0.6) is 11.5 Å². The maximum Gasteiger partial charge on any atom is 0.263 e. The van der Waals surface area contributed by atoms with Crippen LogP contribution in [-0.4, -0.2) is 42.0 Å². The minimum Gasteiger partial charge on any atom is -0.457 e. The second kappa shape index (κ2) is 10.4. The Morgan fingerprint density at radius 3 is 2.31 bits per heavy atom. The lowest BCUT2D eigenvalue weighted by Gasteiger charge is -2.25.